The van der Waals surface area contributed by atoms with Gasteiger partial charge in [0.1, 0.15) is 12.4 Å². The van der Waals surface area contributed by atoms with E-state index in [0.717, 1.165) is 25.3 Å². The van der Waals surface area contributed by atoms with Crippen molar-refractivity contribution < 1.29 is 9.15 Å². The molecule has 0 radical (unpaired) electrons. The van der Waals surface area contributed by atoms with E-state index in [1.165, 1.54) is 31.2 Å². The monoisotopic (exact) mass is 295 g/mol. The molecule has 0 aromatic carbocycles. The third-order valence-electron chi connectivity index (χ3n) is 3.56. The molecular weight excluding hydrogens is 262 g/mol. The Morgan fingerprint density at radius 2 is 2.00 bits per heavy atom. The molecule has 0 bridgehead atoms. The van der Waals surface area contributed by atoms with Crippen molar-refractivity contribution in [3.05, 3.63) is 23.7 Å². The Bertz CT molecular complexity index is 360. The molecule has 122 valence electrons. The number of hydrogen-bond acceptors (Lipinski definition) is 3. The summed E-state index contributed by atoms with van der Waals surface area (Å²) in [7, 11) is 0. The predicted molar refractivity (Wildman–Crippen MR) is 88.3 cm³/mol. The zero-order chi connectivity index (χ0) is 15.5. The van der Waals surface area contributed by atoms with Crippen LogP contribution in [0.2, 0.25) is 0 Å². The molecular formula is C18H33NO2. The van der Waals surface area contributed by atoms with Crippen LogP contribution in [0.5, 0.6) is 0 Å². The molecule has 0 saturated carbocycles. The molecule has 1 heterocycles. The van der Waals surface area contributed by atoms with Crippen LogP contribution in [0.25, 0.3) is 0 Å². The third-order valence-corrected chi connectivity index (χ3v) is 3.56. The molecule has 0 aliphatic rings. The van der Waals surface area contributed by atoms with Crippen molar-refractivity contribution in [3.8, 4) is 0 Å². The topological polar surface area (TPSA) is 34.4 Å². The summed E-state index contributed by atoms with van der Waals surface area (Å²) in [5.74, 6) is 1.60. The van der Waals surface area contributed by atoms with E-state index in [9.17, 15) is 0 Å². The van der Waals surface area contributed by atoms with Crippen LogP contribution in [0.15, 0.2) is 16.7 Å². The second-order valence-electron chi connectivity index (χ2n) is 6.42. The average Bonchev–Trinajstić information content (AvgIpc) is 2.89. The highest BCUT2D eigenvalue weighted by molar-refractivity contribution is 5.12. The Morgan fingerprint density at radius 3 is 2.71 bits per heavy atom. The molecule has 3 nitrogen and oxygen atoms in total. The van der Waals surface area contributed by atoms with Crippen molar-refractivity contribution in [2.24, 2.45) is 5.92 Å². The first-order chi connectivity index (χ1) is 10.1. The van der Waals surface area contributed by atoms with Crippen LogP contribution in [0.4, 0.5) is 0 Å². The highest BCUT2D eigenvalue weighted by Crippen LogP contribution is 2.13. The summed E-state index contributed by atoms with van der Waals surface area (Å²) < 4.78 is 11.4. The van der Waals surface area contributed by atoms with E-state index in [4.69, 9.17) is 9.15 Å². The summed E-state index contributed by atoms with van der Waals surface area (Å²) in [6.07, 6.45) is 8.48. The maximum Gasteiger partial charge on any atom is 0.129 e. The van der Waals surface area contributed by atoms with E-state index in [1.54, 1.807) is 0 Å². The van der Waals surface area contributed by atoms with Crippen LogP contribution in [0.1, 0.15) is 71.1 Å². The fraction of sp³-hybridized carbons (Fsp3) is 0.778. The lowest BCUT2D eigenvalue weighted by Crippen LogP contribution is -2.18. The second kappa shape index (κ2) is 10.9. The van der Waals surface area contributed by atoms with E-state index in [1.807, 2.05) is 6.26 Å². The number of nitrogens with one attached hydrogen (secondary N) is 1. The minimum absolute atomic E-state index is 0.314. The SMILES string of the molecule is CCCCCCC(C)OCc1cc(CNCC(C)C)co1. The van der Waals surface area contributed by atoms with Crippen molar-refractivity contribution in [2.45, 2.75) is 79.1 Å². The third kappa shape index (κ3) is 8.94. The van der Waals surface area contributed by atoms with Gasteiger partial charge in [-0.1, -0.05) is 46.5 Å². The van der Waals surface area contributed by atoms with Gasteiger partial charge in [-0.15, -0.1) is 0 Å². The van der Waals surface area contributed by atoms with Gasteiger partial charge < -0.3 is 14.5 Å². The highest BCUT2D eigenvalue weighted by Gasteiger charge is 2.06. The fourth-order valence-corrected chi connectivity index (χ4v) is 2.27. The molecule has 0 fully saturated rings. The summed E-state index contributed by atoms with van der Waals surface area (Å²) >= 11 is 0. The maximum absolute atomic E-state index is 5.85. The van der Waals surface area contributed by atoms with Gasteiger partial charge in [-0.25, -0.2) is 0 Å². The number of unbranched alkanes of at least 4 members (excludes halogenated alkanes) is 3. The van der Waals surface area contributed by atoms with Crippen molar-refractivity contribution in [3.63, 3.8) is 0 Å². The summed E-state index contributed by atoms with van der Waals surface area (Å²) in [5, 5.41) is 3.42. The van der Waals surface area contributed by atoms with Gasteiger partial charge >= 0.3 is 0 Å². The van der Waals surface area contributed by atoms with E-state index in [-0.39, 0.29) is 0 Å². The van der Waals surface area contributed by atoms with E-state index >= 15 is 0 Å². The van der Waals surface area contributed by atoms with Gasteiger partial charge in [-0.3, -0.25) is 0 Å². The van der Waals surface area contributed by atoms with E-state index in [2.05, 4.69) is 39.1 Å². The lowest BCUT2D eigenvalue weighted by molar-refractivity contribution is 0.0360. The molecule has 0 aliphatic heterocycles. The normalized spacial score (nSPS) is 13.0. The molecule has 0 spiro atoms. The van der Waals surface area contributed by atoms with E-state index < -0.39 is 0 Å². The molecule has 3 heteroatoms. The molecule has 21 heavy (non-hydrogen) atoms. The molecule has 1 rings (SSSR count). The van der Waals surface area contributed by atoms with Gasteiger partial charge in [0.15, 0.2) is 0 Å². The zero-order valence-electron chi connectivity index (χ0n) is 14.3. The highest BCUT2D eigenvalue weighted by atomic mass is 16.5. The van der Waals surface area contributed by atoms with Crippen LogP contribution >= 0.6 is 0 Å². The van der Waals surface area contributed by atoms with Crippen molar-refractivity contribution >= 4 is 0 Å². The minimum Gasteiger partial charge on any atom is -0.467 e. The fourth-order valence-electron chi connectivity index (χ4n) is 2.27. The number of furan rings is 1. The standard InChI is InChI=1S/C18H33NO2/c1-5-6-7-8-9-16(4)20-14-18-10-17(13-21-18)12-19-11-15(2)3/h10,13,15-16,19H,5-9,11-12,14H2,1-4H3. The first-order valence-electron chi connectivity index (χ1n) is 8.50. The largest absolute Gasteiger partial charge is 0.467 e. The van der Waals surface area contributed by atoms with Gasteiger partial charge in [0.05, 0.1) is 12.4 Å². The van der Waals surface area contributed by atoms with Crippen molar-refractivity contribution in [2.75, 3.05) is 6.54 Å². The summed E-state index contributed by atoms with van der Waals surface area (Å²) in [6.45, 7) is 11.3. The van der Waals surface area contributed by atoms with Crippen LogP contribution in [0, 0.1) is 5.92 Å². The summed E-state index contributed by atoms with van der Waals surface area (Å²) in [6, 6.07) is 2.09. The van der Waals surface area contributed by atoms with Crippen LogP contribution in [-0.4, -0.2) is 12.6 Å². The first kappa shape index (κ1) is 18.2. The molecule has 0 aliphatic carbocycles. The predicted octanol–water partition coefficient (Wildman–Crippen LogP) is 4.90. The van der Waals surface area contributed by atoms with Gasteiger partial charge in [-0.2, -0.15) is 0 Å². The average molecular weight is 295 g/mol. The number of rotatable bonds is 12. The lowest BCUT2D eigenvalue weighted by Gasteiger charge is -2.11. The Hall–Kier alpha value is -0.800. The Balaban J connectivity index is 2.15. The van der Waals surface area contributed by atoms with Gasteiger partial charge in [-0.05, 0) is 31.9 Å². The smallest absolute Gasteiger partial charge is 0.129 e. The second-order valence-corrected chi connectivity index (χ2v) is 6.42. The minimum atomic E-state index is 0.314. The van der Waals surface area contributed by atoms with E-state index in [0.29, 0.717) is 18.6 Å². The summed E-state index contributed by atoms with van der Waals surface area (Å²) in [5.41, 5.74) is 1.20. The molecule has 1 aromatic rings. The van der Waals surface area contributed by atoms with Crippen LogP contribution < -0.4 is 5.32 Å². The van der Waals surface area contributed by atoms with Crippen LogP contribution in [0.3, 0.4) is 0 Å². The Morgan fingerprint density at radius 1 is 1.19 bits per heavy atom. The molecule has 1 unspecified atom stereocenters. The quantitative estimate of drug-likeness (QED) is 0.557. The molecule has 0 saturated heterocycles. The van der Waals surface area contributed by atoms with Gasteiger partial charge in [0.25, 0.3) is 0 Å². The molecule has 1 atom stereocenters. The Labute approximate surface area is 130 Å². The first-order valence-corrected chi connectivity index (χ1v) is 8.50. The molecule has 1 aromatic heterocycles. The number of ether oxygens (including phenoxy) is 1. The lowest BCUT2D eigenvalue weighted by atomic mass is 10.1. The Kier molecular flexibility index (Phi) is 9.44. The molecule has 0 amide bonds. The zero-order valence-corrected chi connectivity index (χ0v) is 14.3. The van der Waals surface area contributed by atoms with Gasteiger partial charge in [0, 0.05) is 12.1 Å². The number of hydrogen-bond donors (Lipinski definition) is 1. The molecule has 1 N–H and O–H groups in total. The van der Waals surface area contributed by atoms with Crippen LogP contribution in [-0.2, 0) is 17.9 Å². The van der Waals surface area contributed by atoms with Crippen molar-refractivity contribution in [1.29, 1.82) is 0 Å². The maximum atomic E-state index is 5.85. The summed E-state index contributed by atoms with van der Waals surface area (Å²) in [4.78, 5) is 0. The van der Waals surface area contributed by atoms with Gasteiger partial charge in [0.2, 0.25) is 0 Å². The van der Waals surface area contributed by atoms with Crippen molar-refractivity contribution in [1.82, 2.24) is 5.32 Å².